The molecule has 3 heterocycles. The van der Waals surface area contributed by atoms with Crippen molar-refractivity contribution in [1.29, 1.82) is 0 Å². The van der Waals surface area contributed by atoms with Crippen molar-refractivity contribution in [2.75, 3.05) is 11.1 Å². The number of nitrogens with one attached hydrogen (secondary N) is 1. The molecule has 0 fully saturated rings. The van der Waals surface area contributed by atoms with Crippen molar-refractivity contribution in [1.82, 2.24) is 9.97 Å². The predicted octanol–water partition coefficient (Wildman–Crippen LogP) is 6.30. The van der Waals surface area contributed by atoms with E-state index in [0.717, 1.165) is 50.0 Å². The smallest absolute Gasteiger partial charge is 0.149 e. The van der Waals surface area contributed by atoms with Crippen molar-refractivity contribution in [3.63, 3.8) is 0 Å². The van der Waals surface area contributed by atoms with Crippen LogP contribution < -0.4 is 5.32 Å². The molecule has 1 aliphatic heterocycles. The van der Waals surface area contributed by atoms with Crippen LogP contribution in [0.4, 0.5) is 20.4 Å². The van der Waals surface area contributed by atoms with E-state index in [4.69, 9.17) is 4.98 Å². The largest absolute Gasteiger partial charge is 0.325 e. The zero-order valence-electron chi connectivity index (χ0n) is 16.8. The summed E-state index contributed by atoms with van der Waals surface area (Å²) in [5, 5.41) is 3.22. The summed E-state index contributed by atoms with van der Waals surface area (Å²) in [6.07, 6.45) is 7.63. The Morgan fingerprint density at radius 1 is 0.900 bits per heavy atom. The lowest BCUT2D eigenvalue weighted by Crippen LogP contribution is -2.03. The molecular formula is C24H25F2N3S. The van der Waals surface area contributed by atoms with Crippen LogP contribution in [0.15, 0.2) is 42.6 Å². The lowest BCUT2D eigenvalue weighted by atomic mass is 9.99. The third kappa shape index (κ3) is 4.98. The molecule has 0 spiro atoms. The fourth-order valence-corrected chi connectivity index (χ4v) is 4.14. The Kier molecular flexibility index (Phi) is 6.62. The van der Waals surface area contributed by atoms with Gasteiger partial charge in [0.25, 0.3) is 0 Å². The van der Waals surface area contributed by atoms with Gasteiger partial charge in [-0.2, -0.15) is 12.6 Å². The van der Waals surface area contributed by atoms with Crippen molar-refractivity contribution in [3.05, 3.63) is 71.1 Å². The van der Waals surface area contributed by atoms with Gasteiger partial charge >= 0.3 is 0 Å². The van der Waals surface area contributed by atoms with Crippen molar-refractivity contribution in [3.8, 4) is 11.1 Å². The summed E-state index contributed by atoms with van der Waals surface area (Å²) < 4.78 is 28.8. The summed E-state index contributed by atoms with van der Waals surface area (Å²) in [4.78, 5) is 8.92. The van der Waals surface area contributed by atoms with E-state index in [1.165, 1.54) is 17.8 Å². The molecule has 0 saturated carbocycles. The van der Waals surface area contributed by atoms with Gasteiger partial charge < -0.3 is 5.32 Å². The van der Waals surface area contributed by atoms with Crippen LogP contribution in [-0.2, 0) is 19.3 Å². The number of hydrogen-bond acceptors (Lipinski definition) is 4. The predicted molar refractivity (Wildman–Crippen MR) is 121 cm³/mol. The molecule has 0 amide bonds. The molecule has 0 atom stereocenters. The van der Waals surface area contributed by atoms with Crippen LogP contribution in [0, 0.1) is 11.6 Å². The van der Waals surface area contributed by atoms with Crippen molar-refractivity contribution in [2.45, 2.75) is 44.9 Å². The molecule has 0 unspecified atom stereocenters. The maximum atomic E-state index is 14.6. The first-order chi connectivity index (χ1) is 14.6. The van der Waals surface area contributed by atoms with Gasteiger partial charge in [0, 0.05) is 11.3 Å². The lowest BCUT2D eigenvalue weighted by molar-refractivity contribution is 0.588. The average molecular weight is 426 g/mol. The zero-order chi connectivity index (χ0) is 20.9. The van der Waals surface area contributed by atoms with Gasteiger partial charge in [-0.05, 0) is 84.9 Å². The topological polar surface area (TPSA) is 37.8 Å². The van der Waals surface area contributed by atoms with Gasteiger partial charge in [-0.15, -0.1) is 0 Å². The molecule has 3 aromatic rings. The molecule has 30 heavy (non-hydrogen) atoms. The van der Waals surface area contributed by atoms with E-state index in [-0.39, 0.29) is 5.82 Å². The average Bonchev–Trinajstić information content (AvgIpc) is 2.73. The van der Waals surface area contributed by atoms with Crippen LogP contribution in [0.25, 0.3) is 11.1 Å². The highest BCUT2D eigenvalue weighted by Gasteiger charge is 2.12. The van der Waals surface area contributed by atoms with Crippen molar-refractivity contribution < 1.29 is 8.78 Å². The maximum absolute atomic E-state index is 14.6. The standard InChI is InChI=1S/C24H25F2N3S/c25-21-8-7-17-13-18(21)5-3-1-2-4-6-19-11-16(9-10-30)12-24(28-19)29-23-14-20(17)22(26)15-27-23/h7-8,11-15,30H,1-6,9-10H2,(H,27,28,29). The fraction of sp³-hybridized carbons (Fsp3) is 0.333. The minimum atomic E-state index is -0.434. The number of fused-ring (bicyclic) bond motifs is 7. The Hall–Kier alpha value is -2.47. The summed E-state index contributed by atoms with van der Waals surface area (Å²) in [5.41, 5.74) is 3.88. The van der Waals surface area contributed by atoms with Gasteiger partial charge in [-0.3, -0.25) is 0 Å². The second-order valence-corrected chi connectivity index (χ2v) is 8.17. The number of benzene rings is 1. The second-order valence-electron chi connectivity index (χ2n) is 7.72. The first-order valence-electron chi connectivity index (χ1n) is 10.4. The zero-order valence-corrected chi connectivity index (χ0v) is 17.7. The number of nitrogens with zero attached hydrogens (tertiary/aromatic N) is 2. The molecule has 6 heteroatoms. The molecule has 3 nitrogen and oxygen atoms in total. The number of halogens is 2. The van der Waals surface area contributed by atoms with Crippen LogP contribution >= 0.6 is 12.6 Å². The Balaban J connectivity index is 1.76. The van der Waals surface area contributed by atoms with Crippen LogP contribution in [0.1, 0.15) is 42.5 Å². The Morgan fingerprint density at radius 3 is 2.57 bits per heavy atom. The Labute approximate surface area is 181 Å². The van der Waals surface area contributed by atoms with E-state index in [9.17, 15) is 8.78 Å². The molecule has 0 radical (unpaired) electrons. The quantitative estimate of drug-likeness (QED) is 0.474. The maximum Gasteiger partial charge on any atom is 0.149 e. The van der Waals surface area contributed by atoms with Crippen LogP contribution in [0.2, 0.25) is 0 Å². The lowest BCUT2D eigenvalue weighted by Gasteiger charge is -2.13. The van der Waals surface area contributed by atoms with E-state index in [2.05, 4.69) is 29.0 Å². The van der Waals surface area contributed by atoms with Crippen molar-refractivity contribution in [2.24, 2.45) is 0 Å². The number of aromatic nitrogens is 2. The number of aryl methyl sites for hydroxylation is 3. The Bertz CT molecular complexity index is 1040. The van der Waals surface area contributed by atoms with Crippen LogP contribution in [0.3, 0.4) is 0 Å². The minimum absolute atomic E-state index is 0.233. The molecule has 0 aliphatic carbocycles. The molecule has 4 rings (SSSR count). The molecule has 2 aromatic heterocycles. The molecule has 156 valence electrons. The summed E-state index contributed by atoms with van der Waals surface area (Å²) in [7, 11) is 0. The summed E-state index contributed by atoms with van der Waals surface area (Å²) >= 11 is 4.35. The van der Waals surface area contributed by atoms with E-state index < -0.39 is 5.82 Å². The second kappa shape index (κ2) is 9.56. The summed E-state index contributed by atoms with van der Waals surface area (Å²) in [6.45, 7) is 0. The molecule has 1 aromatic carbocycles. The fourth-order valence-electron chi connectivity index (χ4n) is 3.88. The van der Waals surface area contributed by atoms with Gasteiger partial charge in [-0.1, -0.05) is 18.9 Å². The summed E-state index contributed by atoms with van der Waals surface area (Å²) in [5.74, 6) is 1.29. The van der Waals surface area contributed by atoms with Gasteiger partial charge in [-0.25, -0.2) is 18.7 Å². The van der Waals surface area contributed by atoms with Crippen molar-refractivity contribution >= 4 is 24.3 Å². The van der Waals surface area contributed by atoms with Crippen LogP contribution in [-0.4, -0.2) is 15.7 Å². The Morgan fingerprint density at radius 2 is 1.73 bits per heavy atom. The normalized spacial score (nSPS) is 14.2. The number of hydrogen-bond donors (Lipinski definition) is 2. The number of thiol groups is 1. The highest BCUT2D eigenvalue weighted by molar-refractivity contribution is 7.80. The number of rotatable bonds is 2. The SMILES string of the molecule is Fc1ccc2cc1CCCCCCc1cc(CCS)cc(n1)Nc1cc-2c(F)cn1. The molecule has 1 N–H and O–H groups in total. The molecular weight excluding hydrogens is 400 g/mol. The van der Waals surface area contributed by atoms with E-state index in [1.54, 1.807) is 18.2 Å². The third-order valence-corrected chi connectivity index (χ3v) is 5.66. The highest BCUT2D eigenvalue weighted by Crippen LogP contribution is 2.29. The highest BCUT2D eigenvalue weighted by atomic mass is 32.1. The summed E-state index contributed by atoms with van der Waals surface area (Å²) in [6, 6.07) is 10.6. The van der Waals surface area contributed by atoms with Gasteiger partial charge in [0.2, 0.25) is 0 Å². The van der Waals surface area contributed by atoms with Gasteiger partial charge in [0.1, 0.15) is 23.3 Å². The van der Waals surface area contributed by atoms with E-state index >= 15 is 0 Å². The first kappa shape index (κ1) is 20.8. The number of anilines is 2. The molecule has 6 bridgehead atoms. The first-order valence-corrected chi connectivity index (χ1v) is 11.1. The number of pyridine rings is 2. The van der Waals surface area contributed by atoms with Crippen LogP contribution in [0.5, 0.6) is 0 Å². The third-order valence-electron chi connectivity index (χ3n) is 5.44. The van der Waals surface area contributed by atoms with E-state index in [0.29, 0.717) is 34.7 Å². The van der Waals surface area contributed by atoms with E-state index in [1.807, 2.05) is 6.07 Å². The van der Waals surface area contributed by atoms with Gasteiger partial charge in [0.15, 0.2) is 0 Å². The monoisotopic (exact) mass is 425 g/mol. The molecule has 1 aliphatic rings. The van der Waals surface area contributed by atoms with Gasteiger partial charge in [0.05, 0.1) is 6.20 Å². The minimum Gasteiger partial charge on any atom is -0.325 e. The molecule has 0 saturated heterocycles.